The topological polar surface area (TPSA) is 57.8 Å². The van der Waals surface area contributed by atoms with Crippen molar-refractivity contribution in [1.29, 1.82) is 0 Å². The van der Waals surface area contributed by atoms with Crippen LogP contribution in [0.1, 0.15) is 70.7 Å². The second kappa shape index (κ2) is 9.58. The van der Waals surface area contributed by atoms with Gasteiger partial charge < -0.3 is 10.3 Å². The fourth-order valence-corrected chi connectivity index (χ4v) is 5.79. The molecule has 0 spiro atoms. The van der Waals surface area contributed by atoms with Gasteiger partial charge in [0.1, 0.15) is 5.82 Å². The zero-order chi connectivity index (χ0) is 22.0. The van der Waals surface area contributed by atoms with Gasteiger partial charge in [-0.3, -0.25) is 4.79 Å². The van der Waals surface area contributed by atoms with Crippen molar-refractivity contribution in [1.82, 2.24) is 15.3 Å². The molecule has 1 amide bonds. The summed E-state index contributed by atoms with van der Waals surface area (Å²) in [4.78, 5) is 21.1. The molecule has 1 aromatic heterocycles. The zero-order valence-electron chi connectivity index (χ0n) is 19.7. The molecule has 0 aliphatic heterocycles. The minimum absolute atomic E-state index is 0.240. The number of benzene rings is 1. The molecule has 4 nitrogen and oxygen atoms in total. The number of nitrogens with one attached hydrogen (secondary N) is 2. The number of aryl methyl sites for hydroxylation is 1. The van der Waals surface area contributed by atoms with Crippen LogP contribution in [-0.4, -0.2) is 22.4 Å². The monoisotopic (exact) mass is 421 g/mol. The average Bonchev–Trinajstić information content (AvgIpc) is 3.18. The van der Waals surface area contributed by atoms with Crippen molar-refractivity contribution in [2.45, 2.75) is 72.6 Å². The van der Waals surface area contributed by atoms with Crippen molar-refractivity contribution in [3.63, 3.8) is 0 Å². The van der Waals surface area contributed by atoms with Crippen LogP contribution in [0.4, 0.5) is 0 Å². The molecular weight excluding hydrogens is 382 g/mol. The van der Waals surface area contributed by atoms with Crippen LogP contribution in [0.3, 0.4) is 0 Å². The summed E-state index contributed by atoms with van der Waals surface area (Å²) >= 11 is 0. The first-order chi connectivity index (χ1) is 14.9. The molecule has 1 heterocycles. The minimum Gasteiger partial charge on any atom is -0.355 e. The highest BCUT2D eigenvalue weighted by Gasteiger charge is 2.33. The quantitative estimate of drug-likeness (QED) is 0.565. The van der Waals surface area contributed by atoms with Crippen LogP contribution >= 0.6 is 0 Å². The van der Waals surface area contributed by atoms with Crippen LogP contribution in [0, 0.1) is 36.5 Å². The molecule has 2 aromatic rings. The van der Waals surface area contributed by atoms with E-state index in [0.717, 1.165) is 42.7 Å². The Bertz CT molecular complexity index is 935. The Kier molecular flexibility index (Phi) is 6.83. The van der Waals surface area contributed by atoms with Gasteiger partial charge in [0.05, 0.1) is 11.0 Å². The van der Waals surface area contributed by atoms with Gasteiger partial charge in [0.25, 0.3) is 0 Å². The van der Waals surface area contributed by atoms with Crippen LogP contribution in [0.15, 0.2) is 29.8 Å². The molecule has 2 aliphatic rings. The van der Waals surface area contributed by atoms with E-state index in [4.69, 9.17) is 4.98 Å². The number of rotatable bonds is 6. The third-order valence-corrected chi connectivity index (χ3v) is 7.78. The molecule has 3 unspecified atom stereocenters. The lowest BCUT2D eigenvalue weighted by molar-refractivity contribution is -0.126. The number of hydrogen-bond donors (Lipinski definition) is 2. The lowest BCUT2D eigenvalue weighted by Crippen LogP contribution is -2.39. The smallest absolute Gasteiger partial charge is 0.223 e. The summed E-state index contributed by atoms with van der Waals surface area (Å²) in [5.41, 5.74) is 4.91. The molecule has 31 heavy (non-hydrogen) atoms. The lowest BCUT2D eigenvalue weighted by Gasteiger charge is -2.37. The standard InChI is InChI=1S/C27H39N3O/c1-17(2)23-14-21(15-25-29-24-12-8-9-18(3)26(24)30-25)19(4)13-22(23)16-28-27(31)20-10-6-5-7-11-20/h8-9,12-13,17,20-23H,5-7,10-11,14-16H2,1-4H3,(H,28,31)(H,29,30). The summed E-state index contributed by atoms with van der Waals surface area (Å²) < 4.78 is 0. The fraction of sp³-hybridized carbons (Fsp3) is 0.630. The normalized spacial score (nSPS) is 25.1. The van der Waals surface area contributed by atoms with Gasteiger partial charge in [-0.25, -0.2) is 4.98 Å². The number of aromatic nitrogens is 2. The number of nitrogens with zero attached hydrogens (tertiary/aromatic N) is 1. The molecule has 168 valence electrons. The Morgan fingerprint density at radius 3 is 2.68 bits per heavy atom. The SMILES string of the molecule is CC1=CC(CNC(=O)C2CCCCC2)C(C(C)C)CC1Cc1nc2c(C)cccc2[nH]1. The number of carbonyl (C=O) groups is 1. The number of H-pyrrole nitrogens is 1. The molecule has 1 fully saturated rings. The Hall–Kier alpha value is -2.10. The van der Waals surface area contributed by atoms with Gasteiger partial charge in [-0.05, 0) is 68.4 Å². The van der Waals surface area contributed by atoms with Crippen LogP contribution in [0.25, 0.3) is 11.0 Å². The van der Waals surface area contributed by atoms with Crippen molar-refractivity contribution in [3.8, 4) is 0 Å². The predicted molar refractivity (Wildman–Crippen MR) is 128 cm³/mol. The largest absolute Gasteiger partial charge is 0.355 e. The zero-order valence-corrected chi connectivity index (χ0v) is 19.7. The van der Waals surface area contributed by atoms with Crippen LogP contribution < -0.4 is 5.32 Å². The van der Waals surface area contributed by atoms with E-state index >= 15 is 0 Å². The Morgan fingerprint density at radius 2 is 1.97 bits per heavy atom. The molecule has 2 N–H and O–H groups in total. The number of allylic oxidation sites excluding steroid dienone is 1. The van der Waals surface area contributed by atoms with Gasteiger partial charge >= 0.3 is 0 Å². The maximum atomic E-state index is 12.7. The first-order valence-electron chi connectivity index (χ1n) is 12.3. The molecule has 4 rings (SSSR count). The first-order valence-corrected chi connectivity index (χ1v) is 12.3. The van der Waals surface area contributed by atoms with Crippen molar-refractivity contribution in [2.75, 3.05) is 6.54 Å². The van der Waals surface area contributed by atoms with Crippen molar-refractivity contribution < 1.29 is 4.79 Å². The van der Waals surface area contributed by atoms with E-state index in [0.29, 0.717) is 23.7 Å². The second-order valence-electron chi connectivity index (χ2n) is 10.4. The number of fused-ring (bicyclic) bond motifs is 1. The maximum Gasteiger partial charge on any atom is 0.223 e. The summed E-state index contributed by atoms with van der Waals surface area (Å²) in [7, 11) is 0. The third-order valence-electron chi connectivity index (χ3n) is 7.78. The minimum atomic E-state index is 0.240. The highest BCUT2D eigenvalue weighted by Crippen LogP contribution is 2.39. The van der Waals surface area contributed by atoms with Gasteiger partial charge in [-0.1, -0.05) is 56.9 Å². The molecule has 0 saturated heterocycles. The van der Waals surface area contributed by atoms with E-state index in [1.807, 2.05) is 0 Å². The molecule has 2 aliphatic carbocycles. The first kappa shape index (κ1) is 22.1. The molecule has 3 atom stereocenters. The van der Waals surface area contributed by atoms with Gasteiger partial charge in [0.15, 0.2) is 0 Å². The Morgan fingerprint density at radius 1 is 1.19 bits per heavy atom. The predicted octanol–water partition coefficient (Wildman–Crippen LogP) is 5.96. The van der Waals surface area contributed by atoms with E-state index in [2.05, 4.69) is 62.3 Å². The van der Waals surface area contributed by atoms with Gasteiger partial charge in [-0.2, -0.15) is 0 Å². The van der Waals surface area contributed by atoms with E-state index in [1.54, 1.807) is 0 Å². The summed E-state index contributed by atoms with van der Waals surface area (Å²) in [6, 6.07) is 6.33. The van der Waals surface area contributed by atoms with Crippen molar-refractivity contribution in [3.05, 3.63) is 41.2 Å². The number of imidazole rings is 1. The number of para-hydroxylation sites is 1. The third kappa shape index (κ3) is 5.05. The van der Waals surface area contributed by atoms with Crippen LogP contribution in [0.5, 0.6) is 0 Å². The molecule has 1 saturated carbocycles. The Balaban J connectivity index is 1.44. The number of amides is 1. The van der Waals surface area contributed by atoms with E-state index in [9.17, 15) is 4.79 Å². The maximum absolute atomic E-state index is 12.7. The lowest BCUT2D eigenvalue weighted by atomic mass is 9.69. The fourth-order valence-electron chi connectivity index (χ4n) is 5.79. The van der Waals surface area contributed by atoms with Crippen LogP contribution in [0.2, 0.25) is 0 Å². The van der Waals surface area contributed by atoms with Crippen molar-refractivity contribution >= 4 is 16.9 Å². The van der Waals surface area contributed by atoms with Gasteiger partial charge in [-0.15, -0.1) is 0 Å². The molecule has 0 radical (unpaired) electrons. The van der Waals surface area contributed by atoms with E-state index < -0.39 is 0 Å². The van der Waals surface area contributed by atoms with E-state index in [-0.39, 0.29) is 11.8 Å². The molecular formula is C27H39N3O. The highest BCUT2D eigenvalue weighted by atomic mass is 16.1. The van der Waals surface area contributed by atoms with Crippen LogP contribution in [-0.2, 0) is 11.2 Å². The van der Waals surface area contributed by atoms with Gasteiger partial charge in [0.2, 0.25) is 5.91 Å². The average molecular weight is 422 g/mol. The highest BCUT2D eigenvalue weighted by molar-refractivity contribution is 5.79. The number of hydrogen-bond acceptors (Lipinski definition) is 2. The molecule has 0 bridgehead atoms. The van der Waals surface area contributed by atoms with Crippen molar-refractivity contribution in [2.24, 2.45) is 29.6 Å². The number of aromatic amines is 1. The van der Waals surface area contributed by atoms with Gasteiger partial charge in [0, 0.05) is 18.9 Å². The molecule has 1 aromatic carbocycles. The second-order valence-corrected chi connectivity index (χ2v) is 10.4. The summed E-state index contributed by atoms with van der Waals surface area (Å²) in [5.74, 6) is 3.75. The summed E-state index contributed by atoms with van der Waals surface area (Å²) in [6.45, 7) is 9.84. The van der Waals surface area contributed by atoms with E-state index in [1.165, 1.54) is 36.8 Å². The summed E-state index contributed by atoms with van der Waals surface area (Å²) in [6.07, 6.45) is 10.4. The number of carbonyl (C=O) groups excluding carboxylic acids is 1. The Labute approximate surface area is 187 Å². The molecule has 4 heteroatoms. The summed E-state index contributed by atoms with van der Waals surface area (Å²) in [5, 5.41) is 3.31.